The van der Waals surface area contributed by atoms with E-state index >= 15 is 0 Å². The molecule has 0 bridgehead atoms. The van der Waals surface area contributed by atoms with E-state index in [0.29, 0.717) is 14.9 Å². The molecule has 0 radical (unpaired) electrons. The van der Waals surface area contributed by atoms with Crippen LogP contribution in [0.5, 0.6) is 0 Å². The number of hydrogen-bond donors (Lipinski definition) is 2. The van der Waals surface area contributed by atoms with Gasteiger partial charge in [-0.3, -0.25) is 14.4 Å². The largest absolute Gasteiger partial charge is 0.451 e. The van der Waals surface area contributed by atoms with Gasteiger partial charge in [0, 0.05) is 16.3 Å². The number of thiophene rings is 1. The zero-order valence-electron chi connectivity index (χ0n) is 15.1. The molecule has 0 fully saturated rings. The number of anilines is 1. The van der Waals surface area contributed by atoms with Crippen LogP contribution in [0.25, 0.3) is 10.1 Å². The number of rotatable bonds is 6. The van der Waals surface area contributed by atoms with Crippen molar-refractivity contribution >= 4 is 68.2 Å². The smallest absolute Gasteiger partial charge is 0.326 e. The lowest BCUT2D eigenvalue weighted by atomic mass is 10.2. The van der Waals surface area contributed by atoms with Crippen molar-refractivity contribution in [3.8, 4) is 0 Å². The van der Waals surface area contributed by atoms with Crippen LogP contribution in [0.4, 0.5) is 5.82 Å². The Morgan fingerprint density at radius 2 is 1.93 bits per heavy atom. The first-order valence-electron chi connectivity index (χ1n) is 8.42. The predicted octanol–water partition coefficient (Wildman–Crippen LogP) is 3.90. The van der Waals surface area contributed by atoms with Gasteiger partial charge in [-0.25, -0.2) is 4.98 Å². The first-order chi connectivity index (χ1) is 13.8. The van der Waals surface area contributed by atoms with Crippen LogP contribution in [-0.2, 0) is 14.3 Å². The maximum atomic E-state index is 12.3. The molecule has 0 saturated carbocycles. The number of amides is 2. The van der Waals surface area contributed by atoms with Crippen molar-refractivity contribution in [3.05, 3.63) is 57.5 Å². The second-order valence-corrected chi connectivity index (χ2v) is 7.77. The zero-order chi connectivity index (χ0) is 21.0. The van der Waals surface area contributed by atoms with Gasteiger partial charge in [-0.15, -0.1) is 11.3 Å². The lowest BCUT2D eigenvalue weighted by Gasteiger charge is -2.13. The third-order valence-electron chi connectivity index (χ3n) is 3.79. The average Bonchev–Trinajstić information content (AvgIpc) is 3.05. The van der Waals surface area contributed by atoms with Gasteiger partial charge in [0.25, 0.3) is 11.8 Å². The van der Waals surface area contributed by atoms with Crippen LogP contribution in [0.1, 0.15) is 16.6 Å². The van der Waals surface area contributed by atoms with Crippen molar-refractivity contribution in [1.82, 2.24) is 10.3 Å². The maximum absolute atomic E-state index is 12.3. The van der Waals surface area contributed by atoms with Crippen LogP contribution in [-0.4, -0.2) is 35.4 Å². The molecule has 3 aromatic rings. The summed E-state index contributed by atoms with van der Waals surface area (Å²) in [5.74, 6) is -1.54. The number of carbonyl (C=O) groups is 3. The molecular formula is C19H15Cl2N3O4S. The van der Waals surface area contributed by atoms with E-state index in [1.807, 2.05) is 24.3 Å². The minimum Gasteiger partial charge on any atom is -0.451 e. The van der Waals surface area contributed by atoms with Gasteiger partial charge >= 0.3 is 5.97 Å². The molecule has 7 nitrogen and oxygen atoms in total. The van der Waals surface area contributed by atoms with E-state index in [4.69, 9.17) is 27.9 Å². The summed E-state index contributed by atoms with van der Waals surface area (Å²) in [5, 5.41) is 6.48. The third kappa shape index (κ3) is 5.23. The third-order valence-corrected chi connectivity index (χ3v) is 5.69. The normalized spacial score (nSPS) is 11.7. The molecule has 3 rings (SSSR count). The van der Waals surface area contributed by atoms with E-state index < -0.39 is 30.4 Å². The summed E-state index contributed by atoms with van der Waals surface area (Å²) in [4.78, 5) is 40.6. The highest BCUT2D eigenvalue weighted by Crippen LogP contribution is 2.34. The van der Waals surface area contributed by atoms with E-state index in [9.17, 15) is 14.4 Å². The van der Waals surface area contributed by atoms with Crippen LogP contribution in [0.2, 0.25) is 10.0 Å². The number of ether oxygens (including phenoxy) is 1. The molecular weight excluding hydrogens is 437 g/mol. The Kier molecular flexibility index (Phi) is 6.68. The molecule has 1 unspecified atom stereocenters. The fraction of sp³-hybridized carbons (Fsp3) is 0.158. The fourth-order valence-electron chi connectivity index (χ4n) is 2.36. The number of carbonyl (C=O) groups excluding carboxylic acids is 3. The molecule has 2 N–H and O–H groups in total. The van der Waals surface area contributed by atoms with Gasteiger partial charge in [0.15, 0.2) is 6.10 Å². The molecule has 29 heavy (non-hydrogen) atoms. The van der Waals surface area contributed by atoms with Crippen molar-refractivity contribution in [1.29, 1.82) is 0 Å². The van der Waals surface area contributed by atoms with Gasteiger partial charge in [0.2, 0.25) is 0 Å². The second-order valence-electron chi connectivity index (χ2n) is 5.91. The lowest BCUT2D eigenvalue weighted by molar-refractivity contribution is -0.152. The van der Waals surface area contributed by atoms with Crippen LogP contribution in [0.3, 0.4) is 0 Å². The molecule has 2 heterocycles. The summed E-state index contributed by atoms with van der Waals surface area (Å²) >= 11 is 13.2. The topological polar surface area (TPSA) is 97.4 Å². The molecule has 0 spiro atoms. The number of hydrogen-bond acceptors (Lipinski definition) is 6. The monoisotopic (exact) mass is 451 g/mol. The molecule has 0 saturated heterocycles. The van der Waals surface area contributed by atoms with Crippen LogP contribution < -0.4 is 10.6 Å². The number of nitrogens with zero attached hydrogens (tertiary/aromatic N) is 1. The fourth-order valence-corrected chi connectivity index (χ4v) is 3.91. The molecule has 1 aromatic carbocycles. The van der Waals surface area contributed by atoms with E-state index in [1.165, 1.54) is 30.5 Å². The number of benzene rings is 1. The highest BCUT2D eigenvalue weighted by atomic mass is 35.5. The maximum Gasteiger partial charge on any atom is 0.326 e. The van der Waals surface area contributed by atoms with Crippen molar-refractivity contribution < 1.29 is 19.1 Å². The summed E-state index contributed by atoms with van der Waals surface area (Å²) in [7, 11) is 0. The van der Waals surface area contributed by atoms with Crippen molar-refractivity contribution in [2.75, 3.05) is 11.9 Å². The minimum atomic E-state index is -1.08. The Morgan fingerprint density at radius 3 is 2.62 bits per heavy atom. The van der Waals surface area contributed by atoms with Gasteiger partial charge < -0.3 is 15.4 Å². The van der Waals surface area contributed by atoms with Crippen LogP contribution in [0.15, 0.2) is 42.6 Å². The Labute approximate surface area is 180 Å². The summed E-state index contributed by atoms with van der Waals surface area (Å²) < 4.78 is 5.90. The van der Waals surface area contributed by atoms with Gasteiger partial charge in [0.1, 0.15) is 17.2 Å². The van der Waals surface area contributed by atoms with Crippen LogP contribution >= 0.6 is 34.5 Å². The van der Waals surface area contributed by atoms with E-state index in [1.54, 1.807) is 6.07 Å². The summed E-state index contributed by atoms with van der Waals surface area (Å²) in [6.07, 6.45) is 0.299. The molecule has 0 aliphatic carbocycles. The number of fused-ring (bicyclic) bond motifs is 1. The number of esters is 1. The van der Waals surface area contributed by atoms with Crippen molar-refractivity contribution in [3.63, 3.8) is 0 Å². The molecule has 10 heteroatoms. The summed E-state index contributed by atoms with van der Waals surface area (Å²) in [5.41, 5.74) is 0. The van der Waals surface area contributed by atoms with Gasteiger partial charge in [-0.2, -0.15) is 0 Å². The standard InChI is InChI=1S/C19H15Cl2N3O4S/c1-10(18(26)24-14-7-6-11(20)8-22-14)28-15(25)9-23-19(27)17-16(21)12-4-2-3-5-13(12)29-17/h2-8,10H,9H2,1H3,(H,23,27)(H,22,24,26). The average molecular weight is 452 g/mol. The predicted molar refractivity (Wildman–Crippen MR) is 113 cm³/mol. The van der Waals surface area contributed by atoms with Crippen LogP contribution in [0, 0.1) is 0 Å². The highest BCUT2D eigenvalue weighted by Gasteiger charge is 2.21. The Hall–Kier alpha value is -2.68. The Morgan fingerprint density at radius 1 is 1.17 bits per heavy atom. The van der Waals surface area contributed by atoms with Gasteiger partial charge in [-0.05, 0) is 25.1 Å². The lowest BCUT2D eigenvalue weighted by Crippen LogP contribution is -2.35. The molecule has 1 atom stereocenters. The molecule has 150 valence electrons. The number of pyridine rings is 1. The number of halogens is 2. The second kappa shape index (κ2) is 9.21. The molecule has 0 aliphatic rings. The molecule has 2 aromatic heterocycles. The van der Waals surface area contributed by atoms with E-state index in [-0.39, 0.29) is 5.82 Å². The van der Waals surface area contributed by atoms with Gasteiger partial charge in [-0.1, -0.05) is 41.4 Å². The minimum absolute atomic E-state index is 0.273. The van der Waals surface area contributed by atoms with E-state index in [0.717, 1.165) is 10.1 Å². The van der Waals surface area contributed by atoms with E-state index in [2.05, 4.69) is 15.6 Å². The van der Waals surface area contributed by atoms with Crippen molar-refractivity contribution in [2.24, 2.45) is 0 Å². The summed E-state index contributed by atoms with van der Waals surface area (Å²) in [6.45, 7) is 1.01. The first-order valence-corrected chi connectivity index (χ1v) is 9.99. The first kappa shape index (κ1) is 21.0. The summed E-state index contributed by atoms with van der Waals surface area (Å²) in [6, 6.07) is 10.4. The Balaban J connectivity index is 1.52. The van der Waals surface area contributed by atoms with Gasteiger partial charge in [0.05, 0.1) is 10.0 Å². The van der Waals surface area contributed by atoms with Crippen molar-refractivity contribution in [2.45, 2.75) is 13.0 Å². The molecule has 2 amide bonds. The number of aromatic nitrogens is 1. The molecule has 0 aliphatic heterocycles. The number of nitrogens with one attached hydrogen (secondary N) is 2. The Bertz CT molecular complexity index is 1070. The SMILES string of the molecule is CC(OC(=O)CNC(=O)c1sc2ccccc2c1Cl)C(=O)Nc1ccc(Cl)cn1. The highest BCUT2D eigenvalue weighted by molar-refractivity contribution is 7.21. The zero-order valence-corrected chi connectivity index (χ0v) is 17.4. The quantitative estimate of drug-likeness (QED) is 0.553.